The fourth-order valence-corrected chi connectivity index (χ4v) is 9.60. The van der Waals surface area contributed by atoms with Gasteiger partial charge in [0.25, 0.3) is 0 Å². The van der Waals surface area contributed by atoms with Crippen LogP contribution in [0.2, 0.25) is 0 Å². The lowest BCUT2D eigenvalue weighted by molar-refractivity contribution is -0.164. The van der Waals surface area contributed by atoms with Crippen LogP contribution in [0.3, 0.4) is 0 Å². The highest BCUT2D eigenvalue weighted by Crippen LogP contribution is 2.66. The molecule has 2 fully saturated rings. The van der Waals surface area contributed by atoms with Crippen LogP contribution in [0.1, 0.15) is 110 Å². The number of benzene rings is 1. The average Bonchev–Trinajstić information content (AvgIpc) is 3.43. The zero-order valence-electron chi connectivity index (χ0n) is 30.2. The molecule has 7 nitrogen and oxygen atoms in total. The molecule has 6 rings (SSSR count). The quantitative estimate of drug-likeness (QED) is 0.197. The maximum absolute atomic E-state index is 13.5. The first kappa shape index (κ1) is 35.1. The smallest absolute Gasteiger partial charge is 0.329 e. The van der Waals surface area contributed by atoms with Crippen molar-refractivity contribution in [3.63, 3.8) is 0 Å². The maximum Gasteiger partial charge on any atom is 0.329 e. The van der Waals surface area contributed by atoms with Gasteiger partial charge >= 0.3 is 11.9 Å². The summed E-state index contributed by atoms with van der Waals surface area (Å²) in [7, 11) is 0. The van der Waals surface area contributed by atoms with E-state index in [2.05, 4.69) is 37.0 Å². The number of hydrogen-bond acceptors (Lipinski definition) is 6. The van der Waals surface area contributed by atoms with Crippen LogP contribution in [-0.2, 0) is 30.4 Å². The molecular formula is C42H54N2O5. The Morgan fingerprint density at radius 1 is 0.939 bits per heavy atom. The van der Waals surface area contributed by atoms with Crippen LogP contribution in [0.15, 0.2) is 72.6 Å². The lowest BCUT2D eigenvalue weighted by Crippen LogP contribution is -2.50. The van der Waals surface area contributed by atoms with Gasteiger partial charge in [0.2, 0.25) is 5.91 Å². The highest BCUT2D eigenvalue weighted by atomic mass is 16.6. The Balaban J connectivity index is 1.06. The monoisotopic (exact) mass is 666 g/mol. The highest BCUT2D eigenvalue weighted by Gasteiger charge is 2.57. The van der Waals surface area contributed by atoms with E-state index in [0.29, 0.717) is 17.8 Å². The lowest BCUT2D eigenvalue weighted by Gasteiger charge is -2.57. The molecule has 0 unspecified atom stereocenters. The summed E-state index contributed by atoms with van der Waals surface area (Å²) in [5.74, 6) is 0.856. The maximum atomic E-state index is 13.5. The second kappa shape index (κ2) is 13.9. The molecule has 0 radical (unpaired) electrons. The van der Waals surface area contributed by atoms with E-state index < -0.39 is 17.6 Å². The molecule has 7 heteroatoms. The van der Waals surface area contributed by atoms with E-state index >= 15 is 0 Å². The molecule has 0 saturated heterocycles. The normalized spacial score (nSPS) is 29.7. The van der Waals surface area contributed by atoms with Gasteiger partial charge in [-0.15, -0.1) is 0 Å². The minimum atomic E-state index is -0.791. The Morgan fingerprint density at radius 2 is 1.69 bits per heavy atom. The Bertz CT molecular complexity index is 1590. The minimum absolute atomic E-state index is 0.0186. The van der Waals surface area contributed by atoms with E-state index in [4.69, 9.17) is 9.47 Å². The number of ether oxygens (including phenoxy) is 2. The summed E-state index contributed by atoms with van der Waals surface area (Å²) in [5.41, 5.74) is 4.78. The molecule has 4 aliphatic carbocycles. The van der Waals surface area contributed by atoms with Crippen LogP contribution in [0, 0.1) is 28.6 Å². The zero-order chi connectivity index (χ0) is 35.0. The number of fused-ring (bicyclic) bond motifs is 5. The van der Waals surface area contributed by atoms with Crippen LogP contribution >= 0.6 is 0 Å². The number of aromatic nitrogens is 1. The first-order valence-electron chi connectivity index (χ1n) is 18.3. The van der Waals surface area contributed by atoms with Crippen molar-refractivity contribution in [2.75, 3.05) is 0 Å². The van der Waals surface area contributed by atoms with Gasteiger partial charge in [0, 0.05) is 31.8 Å². The second-order valence-corrected chi connectivity index (χ2v) is 16.4. The number of amides is 1. The van der Waals surface area contributed by atoms with Gasteiger partial charge < -0.3 is 14.4 Å². The molecule has 1 amide bonds. The van der Waals surface area contributed by atoms with Crippen molar-refractivity contribution in [3.05, 3.63) is 83.7 Å². The van der Waals surface area contributed by atoms with E-state index in [-0.39, 0.29) is 48.2 Å². The van der Waals surface area contributed by atoms with Crippen molar-refractivity contribution in [1.82, 2.24) is 9.88 Å². The predicted octanol–water partition coefficient (Wildman–Crippen LogP) is 8.49. The van der Waals surface area contributed by atoms with Gasteiger partial charge in [-0.25, -0.2) is 4.79 Å². The molecule has 1 heterocycles. The van der Waals surface area contributed by atoms with Crippen molar-refractivity contribution in [3.8, 4) is 0 Å². The Labute approximate surface area is 292 Å². The summed E-state index contributed by atoms with van der Waals surface area (Å²) < 4.78 is 11.6. The molecule has 4 aliphatic rings. The molecule has 0 bridgehead atoms. The first-order valence-corrected chi connectivity index (χ1v) is 18.3. The SMILES string of the molecule is C[C@@H](C(=O)OC(C)(C)C)N(Cc1ccccc1)C(=O)CCC(=O)O[C@H]1CC[C@@]2(C)C(=CC[C@@H]3[C@@H]2CC[C@]2(C)C(c4cccnc4)=CC[C@@H]32)C1. The Hall–Kier alpha value is -3.74. The van der Waals surface area contributed by atoms with Gasteiger partial charge in [-0.3, -0.25) is 14.6 Å². The van der Waals surface area contributed by atoms with Crippen molar-refractivity contribution in [1.29, 1.82) is 0 Å². The van der Waals surface area contributed by atoms with E-state index in [0.717, 1.165) is 37.7 Å². The third-order valence-corrected chi connectivity index (χ3v) is 12.2. The van der Waals surface area contributed by atoms with Crippen LogP contribution in [0.5, 0.6) is 0 Å². The second-order valence-electron chi connectivity index (χ2n) is 16.4. The molecule has 1 aromatic carbocycles. The average molecular weight is 667 g/mol. The third kappa shape index (κ3) is 7.27. The van der Waals surface area contributed by atoms with Gasteiger partial charge in [-0.1, -0.05) is 68.0 Å². The molecule has 2 aromatic rings. The van der Waals surface area contributed by atoms with Crippen molar-refractivity contribution in [2.24, 2.45) is 28.6 Å². The third-order valence-electron chi connectivity index (χ3n) is 12.2. The lowest BCUT2D eigenvalue weighted by atomic mass is 9.47. The number of rotatable bonds is 9. The van der Waals surface area contributed by atoms with Crippen molar-refractivity contribution in [2.45, 2.75) is 124 Å². The summed E-state index contributed by atoms with van der Waals surface area (Å²) in [6, 6.07) is 13.0. The summed E-state index contributed by atoms with van der Waals surface area (Å²) >= 11 is 0. The molecule has 0 aliphatic heterocycles. The number of carbonyl (C=O) groups is 3. The standard InChI is InChI=1S/C42H54N2O5/c1-28(39(47)49-40(2,3)4)44(27-29-11-8-7-9-12-29)37(45)18-19-38(46)48-32-20-22-41(5)31(25-32)14-15-33-35-17-16-34(30-13-10-24-43-26-30)42(35,6)23-21-36(33)41/h7-14,16,24,26,28,32-33,35-36H,15,17-23,25,27H2,1-6H3/t28-,32-,33-,35-,36-,41-,42+/m0/s1. The molecule has 0 spiro atoms. The molecule has 0 N–H and O–H groups in total. The summed E-state index contributed by atoms with van der Waals surface area (Å²) in [4.78, 5) is 45.5. The number of allylic oxidation sites excluding steroid dienone is 3. The predicted molar refractivity (Wildman–Crippen MR) is 191 cm³/mol. The number of esters is 2. The van der Waals surface area contributed by atoms with Gasteiger partial charge in [-0.05, 0) is 118 Å². The summed E-state index contributed by atoms with van der Waals surface area (Å²) in [6.45, 7) is 12.3. The Morgan fingerprint density at radius 3 is 2.41 bits per heavy atom. The van der Waals surface area contributed by atoms with Crippen LogP contribution in [0.4, 0.5) is 0 Å². The number of nitrogens with zero attached hydrogens (tertiary/aromatic N) is 2. The number of hydrogen-bond donors (Lipinski definition) is 0. The number of pyridine rings is 1. The van der Waals surface area contributed by atoms with E-state index in [1.807, 2.05) is 69.6 Å². The van der Waals surface area contributed by atoms with Crippen molar-refractivity contribution >= 4 is 23.4 Å². The van der Waals surface area contributed by atoms with E-state index in [1.54, 1.807) is 6.92 Å². The van der Waals surface area contributed by atoms with Crippen LogP contribution < -0.4 is 0 Å². The summed E-state index contributed by atoms with van der Waals surface area (Å²) in [6.07, 6.45) is 15.9. The van der Waals surface area contributed by atoms with E-state index in [9.17, 15) is 14.4 Å². The van der Waals surface area contributed by atoms with Gasteiger partial charge in [0.1, 0.15) is 17.7 Å². The molecular weight excluding hydrogens is 612 g/mol. The fraction of sp³-hybridized carbons (Fsp3) is 0.571. The molecule has 262 valence electrons. The Kier molecular flexibility index (Phi) is 9.94. The summed E-state index contributed by atoms with van der Waals surface area (Å²) in [5, 5.41) is 0. The fourth-order valence-electron chi connectivity index (χ4n) is 9.60. The van der Waals surface area contributed by atoms with Crippen LogP contribution in [-0.4, -0.2) is 45.5 Å². The van der Waals surface area contributed by atoms with Gasteiger partial charge in [0.05, 0.1) is 6.42 Å². The highest BCUT2D eigenvalue weighted by molar-refractivity contribution is 5.86. The number of carbonyl (C=O) groups excluding carboxylic acids is 3. The van der Waals surface area contributed by atoms with Gasteiger partial charge in [-0.2, -0.15) is 0 Å². The largest absolute Gasteiger partial charge is 0.462 e. The van der Waals surface area contributed by atoms with Gasteiger partial charge in [0.15, 0.2) is 0 Å². The van der Waals surface area contributed by atoms with Crippen LogP contribution in [0.25, 0.3) is 5.57 Å². The minimum Gasteiger partial charge on any atom is -0.462 e. The van der Waals surface area contributed by atoms with Crippen molar-refractivity contribution < 1.29 is 23.9 Å². The topological polar surface area (TPSA) is 85.8 Å². The molecule has 7 atom stereocenters. The molecule has 1 aromatic heterocycles. The molecule has 2 saturated carbocycles. The zero-order valence-corrected chi connectivity index (χ0v) is 30.2. The van der Waals surface area contributed by atoms with E-state index in [1.165, 1.54) is 34.5 Å². The molecule has 49 heavy (non-hydrogen) atoms. The first-order chi connectivity index (χ1) is 23.3.